The number of ether oxygens (including phenoxy) is 3. The fraction of sp³-hybridized carbons (Fsp3) is 0.412. The van der Waals surface area contributed by atoms with Crippen LogP contribution in [0.5, 0.6) is 5.75 Å². The number of ketones is 1. The van der Waals surface area contributed by atoms with Crippen LogP contribution in [0.2, 0.25) is 0 Å². The van der Waals surface area contributed by atoms with Gasteiger partial charge in [-0.3, -0.25) is 19.2 Å². The monoisotopic (exact) mass is 381 g/mol. The van der Waals surface area contributed by atoms with Gasteiger partial charge in [0.1, 0.15) is 5.75 Å². The van der Waals surface area contributed by atoms with Crippen molar-refractivity contribution in [3.63, 3.8) is 0 Å². The molecule has 1 aromatic rings. The van der Waals surface area contributed by atoms with E-state index in [1.54, 1.807) is 0 Å². The third-order valence-corrected chi connectivity index (χ3v) is 3.31. The Balaban J connectivity index is 2.41. The topological polar surface area (TPSA) is 146 Å². The van der Waals surface area contributed by atoms with Crippen molar-refractivity contribution < 1.29 is 33.4 Å². The summed E-state index contributed by atoms with van der Waals surface area (Å²) < 4.78 is 15.6. The molecule has 0 fully saturated rings. The van der Waals surface area contributed by atoms with Crippen molar-refractivity contribution in [1.29, 1.82) is 0 Å². The zero-order valence-electron chi connectivity index (χ0n) is 15.0. The highest BCUT2D eigenvalue weighted by molar-refractivity contribution is 6.42. The Kier molecular flexibility index (Phi) is 10.1. The molecular formula is C17H23N3O7. The third-order valence-electron chi connectivity index (χ3n) is 3.31. The predicted molar refractivity (Wildman–Crippen MR) is 94.6 cm³/mol. The van der Waals surface area contributed by atoms with E-state index in [9.17, 15) is 19.2 Å². The molecule has 0 saturated carbocycles. The molecule has 0 atom stereocenters. The summed E-state index contributed by atoms with van der Waals surface area (Å²) in [6.07, 6.45) is 0.594. The lowest BCUT2D eigenvalue weighted by atomic mass is 10.1. The van der Waals surface area contributed by atoms with Gasteiger partial charge in [0.15, 0.2) is 0 Å². The van der Waals surface area contributed by atoms with Gasteiger partial charge in [0, 0.05) is 18.7 Å². The van der Waals surface area contributed by atoms with Crippen molar-refractivity contribution in [2.45, 2.75) is 0 Å². The van der Waals surface area contributed by atoms with Crippen LogP contribution < -0.4 is 21.1 Å². The highest BCUT2D eigenvalue weighted by atomic mass is 16.5. The molecule has 0 unspecified atom stereocenters. The lowest BCUT2D eigenvalue weighted by Gasteiger charge is -2.11. The van der Waals surface area contributed by atoms with E-state index in [1.165, 1.54) is 25.3 Å². The number of Topliss-reactive ketones (excluding diaryl/α,β-unsaturated/α-hetero) is 1. The van der Waals surface area contributed by atoms with Crippen molar-refractivity contribution in [2.75, 3.05) is 46.6 Å². The molecule has 0 aliphatic heterocycles. The van der Waals surface area contributed by atoms with Crippen LogP contribution in [0.4, 0.5) is 0 Å². The first-order chi connectivity index (χ1) is 13.0. The van der Waals surface area contributed by atoms with Crippen molar-refractivity contribution in [1.82, 2.24) is 10.6 Å². The van der Waals surface area contributed by atoms with E-state index < -0.39 is 17.6 Å². The second-order valence-corrected chi connectivity index (χ2v) is 5.16. The Bertz CT molecular complexity index is 664. The van der Waals surface area contributed by atoms with Gasteiger partial charge in [-0.25, -0.2) is 0 Å². The second-order valence-electron chi connectivity index (χ2n) is 5.16. The number of carbonyl (C=O) groups is 4. The molecule has 0 spiro atoms. The van der Waals surface area contributed by atoms with E-state index in [-0.39, 0.29) is 30.0 Å². The van der Waals surface area contributed by atoms with Crippen LogP contribution >= 0.6 is 0 Å². The van der Waals surface area contributed by atoms with Gasteiger partial charge >= 0.3 is 0 Å². The van der Waals surface area contributed by atoms with E-state index in [0.29, 0.717) is 32.8 Å². The fourth-order valence-electron chi connectivity index (χ4n) is 2.01. The smallest absolute Gasteiger partial charge is 0.289 e. The third kappa shape index (κ3) is 7.84. The number of benzene rings is 1. The van der Waals surface area contributed by atoms with Crippen LogP contribution in [0.3, 0.4) is 0 Å². The minimum absolute atomic E-state index is 0.00548. The summed E-state index contributed by atoms with van der Waals surface area (Å²) >= 11 is 0. The summed E-state index contributed by atoms with van der Waals surface area (Å²) in [4.78, 5) is 45.0. The van der Waals surface area contributed by atoms with Crippen LogP contribution in [0, 0.1) is 0 Å². The number of hydrogen-bond donors (Lipinski definition) is 3. The van der Waals surface area contributed by atoms with Crippen LogP contribution in [0.1, 0.15) is 20.7 Å². The molecule has 0 aromatic heterocycles. The Hall–Kier alpha value is -2.98. The maximum absolute atomic E-state index is 12.3. The lowest BCUT2D eigenvalue weighted by Crippen LogP contribution is -2.29. The Labute approximate surface area is 156 Å². The molecule has 0 aliphatic rings. The summed E-state index contributed by atoms with van der Waals surface area (Å²) in [6.45, 7) is 1.99. The average Bonchev–Trinajstić information content (AvgIpc) is 2.68. The predicted octanol–water partition coefficient (Wildman–Crippen LogP) is -1.13. The molecule has 0 heterocycles. The van der Waals surface area contributed by atoms with E-state index in [4.69, 9.17) is 19.9 Å². The fourth-order valence-corrected chi connectivity index (χ4v) is 2.01. The van der Waals surface area contributed by atoms with Gasteiger partial charge in [0.2, 0.25) is 12.2 Å². The van der Waals surface area contributed by atoms with Gasteiger partial charge in [-0.2, -0.15) is 0 Å². The summed E-state index contributed by atoms with van der Waals surface area (Å²) in [5, 5.41) is 5.09. The molecule has 1 rings (SSSR count). The molecule has 10 nitrogen and oxygen atoms in total. The van der Waals surface area contributed by atoms with Crippen molar-refractivity contribution in [3.8, 4) is 5.75 Å². The van der Waals surface area contributed by atoms with Gasteiger partial charge in [-0.1, -0.05) is 0 Å². The lowest BCUT2D eigenvalue weighted by molar-refractivity contribution is -0.114. The van der Waals surface area contributed by atoms with Crippen LogP contribution in [0.25, 0.3) is 0 Å². The summed E-state index contributed by atoms with van der Waals surface area (Å²) in [6, 6.07) is 4.03. The molecule has 0 bridgehead atoms. The van der Waals surface area contributed by atoms with E-state index in [1.807, 2.05) is 0 Å². The number of rotatable bonds is 14. The van der Waals surface area contributed by atoms with Gasteiger partial charge in [0.25, 0.3) is 11.8 Å². The molecule has 0 saturated heterocycles. The number of nitrogens with one attached hydrogen (secondary N) is 2. The van der Waals surface area contributed by atoms with Crippen LogP contribution in [-0.4, -0.2) is 70.6 Å². The maximum Gasteiger partial charge on any atom is 0.289 e. The summed E-state index contributed by atoms with van der Waals surface area (Å²) in [5.74, 6) is -2.22. The van der Waals surface area contributed by atoms with E-state index in [0.717, 1.165) is 0 Å². The van der Waals surface area contributed by atoms with Gasteiger partial charge in [0.05, 0.1) is 39.1 Å². The van der Waals surface area contributed by atoms with Gasteiger partial charge in [-0.15, -0.1) is 0 Å². The molecule has 10 heteroatoms. The first kappa shape index (κ1) is 22.1. The zero-order chi connectivity index (χ0) is 20.1. The number of carbonyl (C=O) groups excluding carboxylic acids is 4. The van der Waals surface area contributed by atoms with E-state index in [2.05, 4.69) is 10.6 Å². The number of methoxy groups -OCH3 is 1. The average molecular weight is 381 g/mol. The standard InChI is InChI=1S/C17H23N3O7/c1-25-14-3-2-12(15(22)16(18)23)10-13(14)17(24)20-5-7-27-9-8-26-6-4-19-11-21/h2-3,10-11H,4-9H2,1H3,(H2,18,23)(H,19,21)(H,20,24). The van der Waals surface area contributed by atoms with Crippen molar-refractivity contribution in [3.05, 3.63) is 29.3 Å². The Morgan fingerprint density at radius 3 is 2.33 bits per heavy atom. The summed E-state index contributed by atoms with van der Waals surface area (Å²) in [5.41, 5.74) is 5.08. The molecule has 3 amide bonds. The molecular weight excluding hydrogens is 358 g/mol. The molecule has 27 heavy (non-hydrogen) atoms. The molecule has 0 aliphatic carbocycles. The highest BCUT2D eigenvalue weighted by Crippen LogP contribution is 2.20. The normalized spacial score (nSPS) is 10.1. The number of hydrogen-bond acceptors (Lipinski definition) is 7. The van der Waals surface area contributed by atoms with Crippen LogP contribution in [-0.2, 0) is 19.1 Å². The quantitative estimate of drug-likeness (QED) is 0.160. The molecule has 4 N–H and O–H groups in total. The second kappa shape index (κ2) is 12.4. The Morgan fingerprint density at radius 2 is 1.74 bits per heavy atom. The number of primary amides is 1. The van der Waals surface area contributed by atoms with E-state index >= 15 is 0 Å². The molecule has 148 valence electrons. The Morgan fingerprint density at radius 1 is 1.07 bits per heavy atom. The number of amides is 3. The van der Waals surface area contributed by atoms with Crippen molar-refractivity contribution in [2.24, 2.45) is 5.73 Å². The SMILES string of the molecule is COc1ccc(C(=O)C(N)=O)cc1C(=O)NCCOCCOCCNC=O. The minimum atomic E-state index is -1.11. The maximum atomic E-state index is 12.3. The van der Waals surface area contributed by atoms with Gasteiger partial charge < -0.3 is 30.6 Å². The largest absolute Gasteiger partial charge is 0.496 e. The molecule has 0 radical (unpaired) electrons. The van der Waals surface area contributed by atoms with Crippen molar-refractivity contribution >= 4 is 24.0 Å². The minimum Gasteiger partial charge on any atom is -0.496 e. The first-order valence-electron chi connectivity index (χ1n) is 8.14. The highest BCUT2D eigenvalue weighted by Gasteiger charge is 2.18. The number of nitrogens with two attached hydrogens (primary N) is 1. The first-order valence-corrected chi connectivity index (χ1v) is 8.14. The van der Waals surface area contributed by atoms with Crippen LogP contribution in [0.15, 0.2) is 18.2 Å². The van der Waals surface area contributed by atoms with Gasteiger partial charge in [-0.05, 0) is 18.2 Å². The summed E-state index contributed by atoms with van der Waals surface area (Å²) in [7, 11) is 1.38. The zero-order valence-corrected chi connectivity index (χ0v) is 15.0. The molecule has 1 aromatic carbocycles.